The van der Waals surface area contributed by atoms with Gasteiger partial charge in [0.15, 0.2) is 0 Å². The Morgan fingerprint density at radius 2 is 1.80 bits per heavy atom. The second kappa shape index (κ2) is 7.59. The van der Waals surface area contributed by atoms with Crippen molar-refractivity contribution in [3.8, 4) is 0 Å². The number of carbonyl (C=O) groups is 2. The molecule has 1 aliphatic heterocycles. The molecule has 2 aliphatic rings. The zero-order valence-corrected chi connectivity index (χ0v) is 12.0. The van der Waals surface area contributed by atoms with Crippen LogP contribution in [0.5, 0.6) is 0 Å². The summed E-state index contributed by atoms with van der Waals surface area (Å²) in [5.41, 5.74) is 2.18. The van der Waals surface area contributed by atoms with Crippen molar-refractivity contribution in [2.75, 3.05) is 26.3 Å². The lowest BCUT2D eigenvalue weighted by Crippen LogP contribution is -2.45. The molecule has 1 heterocycles. The Morgan fingerprint density at radius 3 is 2.40 bits per heavy atom. The van der Waals surface area contributed by atoms with Crippen LogP contribution in [0.4, 0.5) is 0 Å². The Morgan fingerprint density at radius 1 is 1.15 bits per heavy atom. The predicted octanol–water partition coefficient (Wildman–Crippen LogP) is 0.422. The van der Waals surface area contributed by atoms with Crippen molar-refractivity contribution in [2.24, 2.45) is 17.7 Å². The van der Waals surface area contributed by atoms with Crippen molar-refractivity contribution < 1.29 is 14.3 Å². The van der Waals surface area contributed by atoms with Gasteiger partial charge in [0.05, 0.1) is 6.61 Å². The minimum atomic E-state index is -0.130. The average Bonchev–Trinajstić information content (AvgIpc) is 2.99. The van der Waals surface area contributed by atoms with E-state index in [1.165, 1.54) is 25.7 Å². The Hall–Kier alpha value is -1.14. The molecule has 1 saturated heterocycles. The summed E-state index contributed by atoms with van der Waals surface area (Å²) in [6.45, 7) is 2.11. The quantitative estimate of drug-likeness (QED) is 0.435. The number of nitrogens with zero attached hydrogens (tertiary/aromatic N) is 1. The van der Waals surface area contributed by atoms with Crippen LogP contribution in [0.2, 0.25) is 0 Å². The van der Waals surface area contributed by atoms with E-state index in [2.05, 4.69) is 5.43 Å². The highest BCUT2D eigenvalue weighted by Crippen LogP contribution is 2.24. The van der Waals surface area contributed by atoms with Crippen molar-refractivity contribution in [3.05, 3.63) is 0 Å². The molecular weight excluding hydrogens is 258 g/mol. The van der Waals surface area contributed by atoms with E-state index in [9.17, 15) is 9.59 Å². The molecule has 0 aromatic carbocycles. The number of nitrogens with one attached hydrogen (secondary N) is 1. The van der Waals surface area contributed by atoms with E-state index in [1.54, 1.807) is 4.90 Å². The monoisotopic (exact) mass is 283 g/mol. The fraction of sp³-hybridized carbons (Fsp3) is 0.857. The third kappa shape index (κ3) is 4.18. The van der Waals surface area contributed by atoms with Crippen LogP contribution in [0.3, 0.4) is 0 Å². The maximum Gasteiger partial charge on any atom is 0.248 e. The lowest BCUT2D eigenvalue weighted by molar-refractivity contribution is -0.140. The van der Waals surface area contributed by atoms with Gasteiger partial charge in [-0.1, -0.05) is 12.8 Å². The van der Waals surface area contributed by atoms with Crippen LogP contribution in [0.1, 0.15) is 38.5 Å². The minimum absolute atomic E-state index is 0.0367. The van der Waals surface area contributed by atoms with Gasteiger partial charge in [-0.25, -0.2) is 5.84 Å². The number of likely N-dealkylation sites (tertiary alicyclic amines) is 1. The van der Waals surface area contributed by atoms with Crippen LogP contribution in [-0.4, -0.2) is 43.0 Å². The summed E-state index contributed by atoms with van der Waals surface area (Å²) >= 11 is 0. The number of rotatable bonds is 5. The molecule has 0 spiro atoms. The Balaban J connectivity index is 1.62. The summed E-state index contributed by atoms with van der Waals surface area (Å²) in [5, 5.41) is 0. The van der Waals surface area contributed by atoms with E-state index in [4.69, 9.17) is 10.6 Å². The second-order valence-electron chi connectivity index (χ2n) is 5.83. The molecule has 0 aromatic rings. The summed E-state index contributed by atoms with van der Waals surface area (Å²) in [6.07, 6.45) is 6.40. The standard InChI is InChI=1S/C14H25N3O3/c15-16-14(19)12-5-7-17(8-6-12)13(18)10-20-9-11-3-1-2-4-11/h11-12H,1-10,15H2,(H,16,19). The van der Waals surface area contributed by atoms with Gasteiger partial charge in [-0.05, 0) is 31.6 Å². The fourth-order valence-electron chi connectivity index (χ4n) is 3.09. The first kappa shape index (κ1) is 15.3. The smallest absolute Gasteiger partial charge is 0.248 e. The molecule has 0 bridgehead atoms. The first-order valence-corrected chi connectivity index (χ1v) is 7.56. The lowest BCUT2D eigenvalue weighted by Gasteiger charge is -2.31. The highest BCUT2D eigenvalue weighted by molar-refractivity contribution is 5.80. The highest BCUT2D eigenvalue weighted by Gasteiger charge is 2.27. The summed E-state index contributed by atoms with van der Waals surface area (Å²) in [5.74, 6) is 5.60. The molecule has 3 N–H and O–H groups in total. The van der Waals surface area contributed by atoms with Gasteiger partial charge in [-0.15, -0.1) is 0 Å². The number of hydrogen-bond donors (Lipinski definition) is 2. The van der Waals surface area contributed by atoms with Gasteiger partial charge in [-0.3, -0.25) is 15.0 Å². The topological polar surface area (TPSA) is 84.7 Å². The Bertz CT molecular complexity index is 335. The largest absolute Gasteiger partial charge is 0.371 e. The molecule has 1 saturated carbocycles. The first-order chi connectivity index (χ1) is 9.70. The van der Waals surface area contributed by atoms with E-state index in [0.29, 0.717) is 38.5 Å². The maximum absolute atomic E-state index is 12.0. The maximum atomic E-state index is 12.0. The van der Waals surface area contributed by atoms with E-state index in [0.717, 1.165) is 0 Å². The van der Waals surface area contributed by atoms with E-state index in [1.807, 2.05) is 0 Å². The summed E-state index contributed by atoms with van der Waals surface area (Å²) in [4.78, 5) is 25.2. The molecule has 6 nitrogen and oxygen atoms in total. The van der Waals surface area contributed by atoms with Crippen molar-refractivity contribution in [1.29, 1.82) is 0 Å². The van der Waals surface area contributed by atoms with Crippen LogP contribution >= 0.6 is 0 Å². The van der Waals surface area contributed by atoms with E-state index in [-0.39, 0.29) is 24.3 Å². The number of hydrazine groups is 1. The minimum Gasteiger partial charge on any atom is -0.371 e. The number of carbonyl (C=O) groups excluding carboxylic acids is 2. The zero-order chi connectivity index (χ0) is 14.4. The van der Waals surface area contributed by atoms with Crippen LogP contribution in [0, 0.1) is 11.8 Å². The molecule has 20 heavy (non-hydrogen) atoms. The molecule has 0 aromatic heterocycles. The molecule has 0 atom stereocenters. The van der Waals surface area contributed by atoms with Gasteiger partial charge < -0.3 is 9.64 Å². The summed E-state index contributed by atoms with van der Waals surface area (Å²) < 4.78 is 5.54. The molecule has 1 aliphatic carbocycles. The molecular formula is C14H25N3O3. The van der Waals surface area contributed by atoms with Crippen molar-refractivity contribution in [1.82, 2.24) is 10.3 Å². The molecule has 0 radical (unpaired) electrons. The van der Waals surface area contributed by atoms with Gasteiger partial charge in [0.1, 0.15) is 6.61 Å². The zero-order valence-electron chi connectivity index (χ0n) is 12.0. The third-order valence-corrected chi connectivity index (χ3v) is 4.41. The molecule has 114 valence electrons. The van der Waals surface area contributed by atoms with E-state index >= 15 is 0 Å². The molecule has 6 heteroatoms. The van der Waals surface area contributed by atoms with Crippen molar-refractivity contribution in [2.45, 2.75) is 38.5 Å². The number of hydrogen-bond acceptors (Lipinski definition) is 4. The van der Waals surface area contributed by atoms with Gasteiger partial charge in [0.25, 0.3) is 0 Å². The fourth-order valence-corrected chi connectivity index (χ4v) is 3.09. The lowest BCUT2D eigenvalue weighted by atomic mass is 9.96. The third-order valence-electron chi connectivity index (χ3n) is 4.41. The first-order valence-electron chi connectivity index (χ1n) is 7.56. The number of ether oxygens (including phenoxy) is 1. The van der Waals surface area contributed by atoms with Crippen LogP contribution in [0.15, 0.2) is 0 Å². The normalized spacial score (nSPS) is 21.1. The van der Waals surface area contributed by atoms with Crippen LogP contribution in [0.25, 0.3) is 0 Å². The number of nitrogens with two attached hydrogens (primary N) is 1. The highest BCUT2D eigenvalue weighted by atomic mass is 16.5. The van der Waals surface area contributed by atoms with Crippen molar-refractivity contribution in [3.63, 3.8) is 0 Å². The van der Waals surface area contributed by atoms with Crippen molar-refractivity contribution >= 4 is 11.8 Å². The molecule has 2 amide bonds. The van der Waals surface area contributed by atoms with Gasteiger partial charge in [-0.2, -0.15) is 0 Å². The SMILES string of the molecule is NNC(=O)C1CCN(C(=O)COCC2CCCC2)CC1. The second-order valence-corrected chi connectivity index (χ2v) is 5.83. The van der Waals surface area contributed by atoms with Gasteiger partial charge in [0, 0.05) is 19.0 Å². The van der Waals surface area contributed by atoms with Gasteiger partial charge >= 0.3 is 0 Å². The Kier molecular flexibility index (Phi) is 5.79. The summed E-state index contributed by atoms with van der Waals surface area (Å²) in [7, 11) is 0. The number of amides is 2. The van der Waals surface area contributed by atoms with E-state index < -0.39 is 0 Å². The Labute approximate surface area is 120 Å². The summed E-state index contributed by atoms with van der Waals surface area (Å²) in [6, 6.07) is 0. The number of piperidine rings is 1. The van der Waals surface area contributed by atoms with Crippen LogP contribution in [-0.2, 0) is 14.3 Å². The molecule has 2 rings (SSSR count). The molecule has 2 fully saturated rings. The average molecular weight is 283 g/mol. The predicted molar refractivity (Wildman–Crippen MR) is 74.4 cm³/mol. The molecule has 0 unspecified atom stereocenters. The van der Waals surface area contributed by atoms with Crippen LogP contribution < -0.4 is 11.3 Å². The van der Waals surface area contributed by atoms with Gasteiger partial charge in [0.2, 0.25) is 11.8 Å².